The maximum Gasteiger partial charge on any atom is 0.416 e. The van der Waals surface area contributed by atoms with Gasteiger partial charge in [0.05, 0.1) is 16.9 Å². The predicted octanol–water partition coefficient (Wildman–Crippen LogP) is 4.29. The Hall–Kier alpha value is -1.65. The first-order valence-electron chi connectivity index (χ1n) is 6.31. The first-order valence-corrected chi connectivity index (χ1v) is 6.31. The molecule has 1 aromatic rings. The van der Waals surface area contributed by atoms with Crippen molar-refractivity contribution >= 4 is 17.5 Å². The van der Waals surface area contributed by atoms with Crippen LogP contribution in [-0.2, 0) is 6.18 Å². The second-order valence-corrected chi connectivity index (χ2v) is 4.85. The summed E-state index contributed by atoms with van der Waals surface area (Å²) in [4.78, 5) is 0. The van der Waals surface area contributed by atoms with E-state index < -0.39 is 11.7 Å². The van der Waals surface area contributed by atoms with E-state index in [1.807, 2.05) is 0 Å². The minimum absolute atomic E-state index is 0.212. The number of anilines is 2. The normalized spacial score (nSPS) is 16.6. The summed E-state index contributed by atoms with van der Waals surface area (Å²) >= 11 is 0. The summed E-state index contributed by atoms with van der Waals surface area (Å²) < 4.78 is 38.5. The van der Waals surface area contributed by atoms with E-state index in [9.17, 15) is 13.2 Å². The third-order valence-electron chi connectivity index (χ3n) is 3.47. The van der Waals surface area contributed by atoms with Gasteiger partial charge >= 0.3 is 6.18 Å². The summed E-state index contributed by atoms with van der Waals surface area (Å²) in [7, 11) is 0. The SMILES string of the molecule is C=Cc1cc(C(F)(F)F)cc(NC2CCCC2)c1N. The van der Waals surface area contributed by atoms with Gasteiger partial charge in [-0.05, 0) is 30.5 Å². The first-order chi connectivity index (χ1) is 8.91. The molecule has 0 saturated heterocycles. The van der Waals surface area contributed by atoms with Crippen molar-refractivity contribution in [2.45, 2.75) is 37.9 Å². The van der Waals surface area contributed by atoms with E-state index in [1.54, 1.807) is 0 Å². The van der Waals surface area contributed by atoms with Gasteiger partial charge in [-0.25, -0.2) is 0 Å². The molecule has 1 aliphatic carbocycles. The molecule has 2 rings (SSSR count). The highest BCUT2D eigenvalue weighted by Crippen LogP contribution is 2.36. The van der Waals surface area contributed by atoms with Crippen LogP contribution in [0.3, 0.4) is 0 Å². The lowest BCUT2D eigenvalue weighted by Gasteiger charge is -2.19. The van der Waals surface area contributed by atoms with Gasteiger partial charge < -0.3 is 11.1 Å². The Morgan fingerprint density at radius 3 is 2.42 bits per heavy atom. The molecular formula is C14H17F3N2. The lowest BCUT2D eigenvalue weighted by Crippen LogP contribution is -2.17. The molecule has 1 fully saturated rings. The molecule has 0 amide bonds. The molecule has 3 N–H and O–H groups in total. The van der Waals surface area contributed by atoms with Gasteiger partial charge in [0, 0.05) is 6.04 Å². The van der Waals surface area contributed by atoms with Crippen molar-refractivity contribution < 1.29 is 13.2 Å². The van der Waals surface area contributed by atoms with Crippen molar-refractivity contribution in [2.24, 2.45) is 0 Å². The molecule has 2 nitrogen and oxygen atoms in total. The van der Waals surface area contributed by atoms with Crippen LogP contribution in [0.1, 0.15) is 36.8 Å². The van der Waals surface area contributed by atoms with Gasteiger partial charge in [-0.1, -0.05) is 25.5 Å². The van der Waals surface area contributed by atoms with Crippen LogP contribution in [0.5, 0.6) is 0 Å². The van der Waals surface area contributed by atoms with E-state index >= 15 is 0 Å². The Labute approximate surface area is 110 Å². The van der Waals surface area contributed by atoms with Crippen molar-refractivity contribution in [1.82, 2.24) is 0 Å². The van der Waals surface area contributed by atoms with Gasteiger partial charge in [-0.3, -0.25) is 0 Å². The standard InChI is InChI=1S/C14H17F3N2/c1-2-9-7-10(14(15,16)17)8-12(13(9)18)19-11-5-3-4-6-11/h2,7-8,11,19H,1,3-6,18H2. The summed E-state index contributed by atoms with van der Waals surface area (Å²) in [6.45, 7) is 3.51. The van der Waals surface area contributed by atoms with E-state index in [2.05, 4.69) is 11.9 Å². The molecule has 0 spiro atoms. The van der Waals surface area contributed by atoms with E-state index in [4.69, 9.17) is 5.73 Å². The van der Waals surface area contributed by atoms with Crippen LogP contribution in [0.4, 0.5) is 24.5 Å². The third-order valence-corrected chi connectivity index (χ3v) is 3.47. The minimum Gasteiger partial charge on any atom is -0.397 e. The number of nitrogens with one attached hydrogen (secondary N) is 1. The zero-order valence-corrected chi connectivity index (χ0v) is 10.6. The largest absolute Gasteiger partial charge is 0.416 e. The van der Waals surface area contributed by atoms with Gasteiger partial charge in [0.25, 0.3) is 0 Å². The number of hydrogen-bond donors (Lipinski definition) is 2. The Kier molecular flexibility index (Phi) is 3.73. The lowest BCUT2D eigenvalue weighted by atomic mass is 10.1. The Balaban J connectivity index is 2.37. The summed E-state index contributed by atoms with van der Waals surface area (Å²) in [5.41, 5.74) is 6.19. The van der Waals surface area contributed by atoms with E-state index in [1.165, 1.54) is 6.08 Å². The highest BCUT2D eigenvalue weighted by molar-refractivity contribution is 5.78. The number of rotatable bonds is 3. The first kappa shape index (κ1) is 13.8. The topological polar surface area (TPSA) is 38.0 Å². The molecule has 1 aliphatic rings. The summed E-state index contributed by atoms with van der Waals surface area (Å²) in [6.07, 6.45) is 1.12. The average molecular weight is 270 g/mol. The molecule has 0 radical (unpaired) electrons. The molecule has 0 atom stereocenters. The molecule has 0 bridgehead atoms. The molecule has 104 valence electrons. The van der Waals surface area contributed by atoms with Crippen molar-refractivity contribution in [1.29, 1.82) is 0 Å². The molecule has 19 heavy (non-hydrogen) atoms. The van der Waals surface area contributed by atoms with Crippen LogP contribution < -0.4 is 11.1 Å². The van der Waals surface area contributed by atoms with Gasteiger partial charge in [-0.15, -0.1) is 0 Å². The molecule has 0 unspecified atom stereocenters. The summed E-state index contributed by atoms with van der Waals surface area (Å²) in [6, 6.07) is 2.33. The van der Waals surface area contributed by atoms with Crippen LogP contribution in [0.25, 0.3) is 6.08 Å². The van der Waals surface area contributed by atoms with E-state index in [0.29, 0.717) is 16.9 Å². The summed E-state index contributed by atoms with van der Waals surface area (Å²) in [5, 5.41) is 3.12. The van der Waals surface area contributed by atoms with Crippen molar-refractivity contribution in [3.05, 3.63) is 29.8 Å². The Morgan fingerprint density at radius 1 is 1.26 bits per heavy atom. The second kappa shape index (κ2) is 5.15. The molecular weight excluding hydrogens is 253 g/mol. The number of nitrogens with two attached hydrogens (primary N) is 1. The molecule has 1 aromatic carbocycles. The number of nitrogen functional groups attached to an aromatic ring is 1. The van der Waals surface area contributed by atoms with Crippen LogP contribution in [0.2, 0.25) is 0 Å². The molecule has 5 heteroatoms. The minimum atomic E-state index is -4.38. The van der Waals surface area contributed by atoms with Gasteiger partial charge in [0.1, 0.15) is 0 Å². The van der Waals surface area contributed by atoms with Crippen molar-refractivity contribution in [3.8, 4) is 0 Å². The maximum absolute atomic E-state index is 12.8. The zero-order valence-electron chi connectivity index (χ0n) is 10.6. The fraction of sp³-hybridized carbons (Fsp3) is 0.429. The fourth-order valence-electron chi connectivity index (χ4n) is 2.42. The lowest BCUT2D eigenvalue weighted by molar-refractivity contribution is -0.137. The van der Waals surface area contributed by atoms with Crippen LogP contribution in [-0.4, -0.2) is 6.04 Å². The Morgan fingerprint density at radius 2 is 1.89 bits per heavy atom. The number of benzene rings is 1. The van der Waals surface area contributed by atoms with E-state index in [0.717, 1.165) is 37.8 Å². The van der Waals surface area contributed by atoms with Crippen molar-refractivity contribution in [2.75, 3.05) is 11.1 Å². The van der Waals surface area contributed by atoms with E-state index in [-0.39, 0.29) is 6.04 Å². The van der Waals surface area contributed by atoms with Crippen LogP contribution >= 0.6 is 0 Å². The molecule has 0 aliphatic heterocycles. The average Bonchev–Trinajstić information content (AvgIpc) is 2.83. The van der Waals surface area contributed by atoms with Gasteiger partial charge in [-0.2, -0.15) is 13.2 Å². The molecule has 0 heterocycles. The quantitative estimate of drug-likeness (QED) is 0.804. The van der Waals surface area contributed by atoms with Gasteiger partial charge in [0.15, 0.2) is 0 Å². The van der Waals surface area contributed by atoms with Gasteiger partial charge in [0.2, 0.25) is 0 Å². The van der Waals surface area contributed by atoms with Crippen molar-refractivity contribution in [3.63, 3.8) is 0 Å². The zero-order chi connectivity index (χ0) is 14.0. The maximum atomic E-state index is 12.8. The molecule has 1 saturated carbocycles. The van der Waals surface area contributed by atoms with Crippen LogP contribution in [0.15, 0.2) is 18.7 Å². The summed E-state index contributed by atoms with van der Waals surface area (Å²) in [5.74, 6) is 0. The third kappa shape index (κ3) is 3.03. The Bertz CT molecular complexity index is 474. The molecule has 0 aromatic heterocycles. The highest BCUT2D eigenvalue weighted by atomic mass is 19.4. The fourth-order valence-corrected chi connectivity index (χ4v) is 2.42. The highest BCUT2D eigenvalue weighted by Gasteiger charge is 2.32. The number of alkyl halides is 3. The monoisotopic (exact) mass is 270 g/mol. The number of hydrogen-bond acceptors (Lipinski definition) is 2. The second-order valence-electron chi connectivity index (χ2n) is 4.85. The van der Waals surface area contributed by atoms with Crippen LogP contribution in [0, 0.1) is 0 Å². The number of halogens is 3. The predicted molar refractivity (Wildman–Crippen MR) is 71.8 cm³/mol. The smallest absolute Gasteiger partial charge is 0.397 e.